The van der Waals surface area contributed by atoms with Crippen molar-refractivity contribution in [2.75, 3.05) is 12.4 Å². The molecule has 0 spiro atoms. The first-order valence-electron chi connectivity index (χ1n) is 6.09. The molecule has 1 rings (SSSR count). The summed E-state index contributed by atoms with van der Waals surface area (Å²) in [7, 11) is 1.58. The number of benzene rings is 1. The highest BCUT2D eigenvalue weighted by Crippen LogP contribution is 2.34. The highest BCUT2D eigenvalue weighted by molar-refractivity contribution is 9.11. The molecule has 1 aromatic carbocycles. The average molecular weight is 394 g/mol. The molecule has 0 aliphatic rings. The molecule has 4 nitrogen and oxygen atoms in total. The summed E-state index contributed by atoms with van der Waals surface area (Å²) in [6.45, 7) is 2.07. The molecule has 0 saturated heterocycles. The normalized spacial score (nSPS) is 12.1. The maximum Gasteiger partial charge on any atom is 0.241 e. The molecule has 0 heterocycles. The summed E-state index contributed by atoms with van der Waals surface area (Å²) in [5.74, 6) is 0.471. The van der Waals surface area contributed by atoms with Gasteiger partial charge in [-0.25, -0.2) is 0 Å². The number of carbonyl (C=O) groups excluding carboxylic acids is 1. The van der Waals surface area contributed by atoms with Crippen molar-refractivity contribution >= 4 is 43.5 Å². The summed E-state index contributed by atoms with van der Waals surface area (Å²) in [5.41, 5.74) is 6.48. The van der Waals surface area contributed by atoms with Crippen LogP contribution in [0.3, 0.4) is 0 Å². The van der Waals surface area contributed by atoms with Crippen LogP contribution < -0.4 is 15.8 Å². The molecule has 0 bridgehead atoms. The second-order valence-corrected chi connectivity index (χ2v) is 5.91. The van der Waals surface area contributed by atoms with E-state index < -0.39 is 6.04 Å². The number of methoxy groups -OCH3 is 1. The predicted octanol–water partition coefficient (Wildman–Crippen LogP) is 3.68. The van der Waals surface area contributed by atoms with Crippen molar-refractivity contribution in [2.24, 2.45) is 5.73 Å². The van der Waals surface area contributed by atoms with Gasteiger partial charge in [-0.3, -0.25) is 4.79 Å². The molecule has 106 valence electrons. The Morgan fingerprint density at radius 1 is 1.42 bits per heavy atom. The van der Waals surface area contributed by atoms with Gasteiger partial charge in [0.2, 0.25) is 5.91 Å². The van der Waals surface area contributed by atoms with Gasteiger partial charge in [0, 0.05) is 10.5 Å². The minimum Gasteiger partial charge on any atom is -0.495 e. The highest BCUT2D eigenvalue weighted by atomic mass is 79.9. The number of ether oxygens (including phenoxy) is 1. The number of unbranched alkanes of at least 4 members (excludes halogenated alkanes) is 1. The molecule has 1 unspecified atom stereocenters. The summed E-state index contributed by atoms with van der Waals surface area (Å²) in [5, 5.41) is 2.81. The van der Waals surface area contributed by atoms with Gasteiger partial charge in [-0.15, -0.1) is 0 Å². The van der Waals surface area contributed by atoms with Crippen LogP contribution in [0.25, 0.3) is 0 Å². The molecule has 0 aromatic heterocycles. The lowest BCUT2D eigenvalue weighted by Gasteiger charge is -2.14. The molecular formula is C13H18Br2N2O2. The molecule has 1 amide bonds. The molecule has 0 radical (unpaired) electrons. The summed E-state index contributed by atoms with van der Waals surface area (Å²) in [4.78, 5) is 11.9. The van der Waals surface area contributed by atoms with E-state index in [1.165, 1.54) is 0 Å². The molecule has 19 heavy (non-hydrogen) atoms. The number of halogens is 2. The summed E-state index contributed by atoms with van der Waals surface area (Å²) in [6.07, 6.45) is 2.66. The first-order chi connectivity index (χ1) is 8.99. The summed E-state index contributed by atoms with van der Waals surface area (Å²) in [6, 6.07) is 3.09. The van der Waals surface area contributed by atoms with E-state index in [0.29, 0.717) is 17.9 Å². The maximum absolute atomic E-state index is 11.9. The number of nitrogens with two attached hydrogens (primary N) is 1. The van der Waals surface area contributed by atoms with Crippen LogP contribution in [-0.2, 0) is 4.79 Å². The lowest BCUT2D eigenvalue weighted by molar-refractivity contribution is -0.117. The van der Waals surface area contributed by atoms with E-state index in [2.05, 4.69) is 44.1 Å². The third-order valence-corrected chi connectivity index (χ3v) is 3.98. The van der Waals surface area contributed by atoms with Crippen molar-refractivity contribution in [1.82, 2.24) is 0 Å². The van der Waals surface area contributed by atoms with Crippen molar-refractivity contribution in [3.05, 3.63) is 21.1 Å². The molecule has 0 aliphatic heterocycles. The van der Waals surface area contributed by atoms with Gasteiger partial charge in [0.05, 0.1) is 23.3 Å². The molecular weight excluding hydrogens is 376 g/mol. The van der Waals surface area contributed by atoms with E-state index >= 15 is 0 Å². The Labute approximate surface area is 130 Å². The third kappa shape index (κ3) is 4.78. The summed E-state index contributed by atoms with van der Waals surface area (Å²) < 4.78 is 6.79. The number of hydrogen-bond acceptors (Lipinski definition) is 3. The Morgan fingerprint density at radius 2 is 2.11 bits per heavy atom. The van der Waals surface area contributed by atoms with Crippen LogP contribution in [0.15, 0.2) is 21.1 Å². The smallest absolute Gasteiger partial charge is 0.241 e. The third-order valence-electron chi connectivity index (χ3n) is 2.70. The minimum atomic E-state index is -0.485. The van der Waals surface area contributed by atoms with Gasteiger partial charge in [0.1, 0.15) is 5.75 Å². The topological polar surface area (TPSA) is 64.4 Å². The molecule has 3 N–H and O–H groups in total. The van der Waals surface area contributed by atoms with Gasteiger partial charge in [-0.2, -0.15) is 0 Å². The fraction of sp³-hybridized carbons (Fsp3) is 0.462. The van der Waals surface area contributed by atoms with E-state index in [4.69, 9.17) is 10.5 Å². The van der Waals surface area contributed by atoms with Gasteiger partial charge in [-0.05, 0) is 44.3 Å². The number of rotatable bonds is 6. The standard InChI is InChI=1S/C13H18Br2N2O2/c1-3-4-5-10(16)13(18)17-11-7-12(19-2)9(15)6-8(11)14/h6-7,10H,3-5,16H2,1-2H3,(H,17,18). The largest absolute Gasteiger partial charge is 0.495 e. The lowest BCUT2D eigenvalue weighted by Crippen LogP contribution is -2.35. The van der Waals surface area contributed by atoms with E-state index in [1.54, 1.807) is 13.2 Å². The van der Waals surface area contributed by atoms with Crippen molar-refractivity contribution in [1.29, 1.82) is 0 Å². The number of anilines is 1. The van der Waals surface area contributed by atoms with E-state index in [-0.39, 0.29) is 5.91 Å². The monoisotopic (exact) mass is 392 g/mol. The van der Waals surface area contributed by atoms with Crippen LogP contribution in [0.4, 0.5) is 5.69 Å². The van der Waals surface area contributed by atoms with Crippen LogP contribution in [0.2, 0.25) is 0 Å². The zero-order chi connectivity index (χ0) is 14.4. The number of nitrogens with one attached hydrogen (secondary N) is 1. The maximum atomic E-state index is 11.9. The first kappa shape index (κ1) is 16.5. The first-order valence-corrected chi connectivity index (χ1v) is 7.67. The lowest BCUT2D eigenvalue weighted by atomic mass is 10.1. The Hall–Kier alpha value is -0.590. The quantitative estimate of drug-likeness (QED) is 0.774. The average Bonchev–Trinajstić information content (AvgIpc) is 2.38. The fourth-order valence-electron chi connectivity index (χ4n) is 1.56. The summed E-state index contributed by atoms with van der Waals surface area (Å²) >= 11 is 6.78. The van der Waals surface area contributed by atoms with Gasteiger partial charge >= 0.3 is 0 Å². The van der Waals surface area contributed by atoms with Crippen LogP contribution in [0.1, 0.15) is 26.2 Å². The van der Waals surface area contributed by atoms with Crippen LogP contribution in [-0.4, -0.2) is 19.1 Å². The van der Waals surface area contributed by atoms with Crippen LogP contribution >= 0.6 is 31.9 Å². The predicted molar refractivity (Wildman–Crippen MR) is 84.5 cm³/mol. The number of carbonyl (C=O) groups is 1. The van der Waals surface area contributed by atoms with Crippen molar-refractivity contribution in [2.45, 2.75) is 32.2 Å². The zero-order valence-corrected chi connectivity index (χ0v) is 14.2. The second-order valence-electron chi connectivity index (χ2n) is 4.20. The zero-order valence-electron chi connectivity index (χ0n) is 11.0. The van der Waals surface area contributed by atoms with E-state index in [0.717, 1.165) is 21.8 Å². The molecule has 1 aromatic rings. The Kier molecular flexibility index (Phi) is 6.82. The minimum absolute atomic E-state index is 0.182. The van der Waals surface area contributed by atoms with Gasteiger partial charge in [0.15, 0.2) is 0 Å². The van der Waals surface area contributed by atoms with Gasteiger partial charge in [0.25, 0.3) is 0 Å². The van der Waals surface area contributed by atoms with Crippen molar-refractivity contribution < 1.29 is 9.53 Å². The van der Waals surface area contributed by atoms with Gasteiger partial charge in [-0.1, -0.05) is 19.8 Å². The number of amides is 1. The molecule has 0 fully saturated rings. The second kappa shape index (κ2) is 7.87. The van der Waals surface area contributed by atoms with Crippen LogP contribution in [0.5, 0.6) is 5.75 Å². The van der Waals surface area contributed by atoms with Crippen molar-refractivity contribution in [3.8, 4) is 5.75 Å². The van der Waals surface area contributed by atoms with Crippen molar-refractivity contribution in [3.63, 3.8) is 0 Å². The SMILES string of the molecule is CCCCC(N)C(=O)Nc1cc(OC)c(Br)cc1Br. The number of hydrogen-bond donors (Lipinski definition) is 2. The van der Waals surface area contributed by atoms with Gasteiger partial charge < -0.3 is 15.8 Å². The fourth-order valence-corrected chi connectivity index (χ4v) is 2.82. The molecule has 0 aliphatic carbocycles. The highest BCUT2D eigenvalue weighted by Gasteiger charge is 2.15. The molecule has 6 heteroatoms. The van der Waals surface area contributed by atoms with E-state index in [9.17, 15) is 4.79 Å². The Bertz CT molecular complexity index is 453. The Balaban J connectivity index is 2.78. The Morgan fingerprint density at radius 3 is 2.68 bits per heavy atom. The molecule has 0 saturated carbocycles. The molecule has 1 atom stereocenters. The van der Waals surface area contributed by atoms with Crippen LogP contribution in [0, 0.1) is 0 Å². The van der Waals surface area contributed by atoms with E-state index in [1.807, 2.05) is 6.07 Å².